The third kappa shape index (κ3) is 1.39. The molecule has 2 aromatic rings. The molecule has 6 heteroatoms. The number of anilines is 1. The largest absolute Gasteiger partial charge is 0.308 e. The molecule has 13 heavy (non-hydrogen) atoms. The average molecular weight is 196 g/mol. The van der Waals surface area contributed by atoms with Gasteiger partial charge < -0.3 is 5.43 Å². The molecule has 2 aromatic heterocycles. The first kappa shape index (κ1) is 8.15. The zero-order chi connectivity index (χ0) is 9.26. The van der Waals surface area contributed by atoms with Crippen LogP contribution in [0.2, 0.25) is 5.28 Å². The fourth-order valence-electron chi connectivity index (χ4n) is 1.05. The van der Waals surface area contributed by atoms with Crippen LogP contribution < -0.4 is 11.3 Å². The second-order valence-corrected chi connectivity index (χ2v) is 2.70. The van der Waals surface area contributed by atoms with Gasteiger partial charge in [-0.05, 0) is 23.7 Å². The van der Waals surface area contributed by atoms with Crippen molar-refractivity contribution in [3.8, 4) is 0 Å². The van der Waals surface area contributed by atoms with Gasteiger partial charge >= 0.3 is 0 Å². The van der Waals surface area contributed by atoms with Crippen molar-refractivity contribution in [2.45, 2.75) is 0 Å². The Labute approximate surface area is 78.9 Å². The molecule has 5 nitrogen and oxygen atoms in total. The van der Waals surface area contributed by atoms with Gasteiger partial charge in [-0.1, -0.05) is 0 Å². The monoisotopic (exact) mass is 195 g/mol. The summed E-state index contributed by atoms with van der Waals surface area (Å²) in [5.41, 5.74) is 2.96. The average Bonchev–Trinajstić information content (AvgIpc) is 2.16. The molecule has 66 valence electrons. The van der Waals surface area contributed by atoms with Crippen LogP contribution in [-0.2, 0) is 0 Å². The predicted octanol–water partition coefficient (Wildman–Crippen LogP) is 0.964. The molecule has 0 unspecified atom stereocenters. The van der Waals surface area contributed by atoms with Gasteiger partial charge in [-0.3, -0.25) is 0 Å². The minimum Gasteiger partial charge on any atom is -0.308 e. The maximum atomic E-state index is 5.64. The lowest BCUT2D eigenvalue weighted by Gasteiger charge is -2.02. The predicted molar refractivity (Wildman–Crippen MR) is 50.2 cm³/mol. The molecule has 0 aliphatic heterocycles. The van der Waals surface area contributed by atoms with E-state index in [1.165, 1.54) is 0 Å². The molecule has 3 N–H and O–H groups in total. The maximum Gasteiger partial charge on any atom is 0.226 e. The Bertz CT molecular complexity index is 444. The molecule has 0 amide bonds. The van der Waals surface area contributed by atoms with Gasteiger partial charge in [-0.15, -0.1) is 0 Å². The zero-order valence-corrected chi connectivity index (χ0v) is 7.28. The molecule has 0 aromatic carbocycles. The number of rotatable bonds is 1. The first-order chi connectivity index (χ1) is 6.31. The standard InChI is InChI=1S/C7H6ClN5/c8-7-11-5-4(2-1-3-10-5)6(12-7)13-9/h1-3H,9H2,(H,10,11,12,13). The Kier molecular flexibility index (Phi) is 1.96. The number of aromatic nitrogens is 3. The number of nitrogens with zero attached hydrogens (tertiary/aromatic N) is 3. The lowest BCUT2D eigenvalue weighted by Crippen LogP contribution is -2.09. The lowest BCUT2D eigenvalue weighted by atomic mass is 10.3. The van der Waals surface area contributed by atoms with Crippen molar-refractivity contribution in [3.63, 3.8) is 0 Å². The number of nitrogens with two attached hydrogens (primary N) is 1. The SMILES string of the molecule is NNc1nc(Cl)nc2ncccc12. The molecule has 0 fully saturated rings. The van der Waals surface area contributed by atoms with Gasteiger partial charge in [0, 0.05) is 6.20 Å². The van der Waals surface area contributed by atoms with Crippen LogP contribution in [0.15, 0.2) is 18.3 Å². The van der Waals surface area contributed by atoms with Crippen LogP contribution in [0.4, 0.5) is 5.82 Å². The molecule has 2 heterocycles. The summed E-state index contributed by atoms with van der Waals surface area (Å²) in [6, 6.07) is 3.59. The molecule has 0 bridgehead atoms. The Morgan fingerprint density at radius 2 is 2.23 bits per heavy atom. The van der Waals surface area contributed by atoms with E-state index < -0.39 is 0 Å². The maximum absolute atomic E-state index is 5.64. The van der Waals surface area contributed by atoms with E-state index in [9.17, 15) is 0 Å². The van der Waals surface area contributed by atoms with E-state index >= 15 is 0 Å². The fourth-order valence-corrected chi connectivity index (χ4v) is 1.21. The van der Waals surface area contributed by atoms with Crippen LogP contribution in [0.1, 0.15) is 0 Å². The highest BCUT2D eigenvalue weighted by atomic mass is 35.5. The molecule has 0 saturated heterocycles. The van der Waals surface area contributed by atoms with Crippen LogP contribution in [0, 0.1) is 0 Å². The topological polar surface area (TPSA) is 76.7 Å². The Morgan fingerprint density at radius 1 is 1.38 bits per heavy atom. The summed E-state index contributed by atoms with van der Waals surface area (Å²) >= 11 is 5.64. The molecule has 0 saturated carbocycles. The Morgan fingerprint density at radius 3 is 3.00 bits per heavy atom. The summed E-state index contributed by atoms with van der Waals surface area (Å²) in [7, 11) is 0. The van der Waals surface area contributed by atoms with E-state index in [-0.39, 0.29) is 5.28 Å². The normalized spacial score (nSPS) is 10.3. The molecule has 0 aliphatic rings. The van der Waals surface area contributed by atoms with Crippen molar-refractivity contribution in [1.82, 2.24) is 15.0 Å². The van der Waals surface area contributed by atoms with Crippen molar-refractivity contribution < 1.29 is 0 Å². The molecule has 0 radical (unpaired) electrons. The van der Waals surface area contributed by atoms with Crippen molar-refractivity contribution in [3.05, 3.63) is 23.6 Å². The van der Waals surface area contributed by atoms with Crippen LogP contribution in [-0.4, -0.2) is 15.0 Å². The number of pyridine rings is 1. The Balaban J connectivity index is 2.81. The van der Waals surface area contributed by atoms with Crippen LogP contribution in [0.3, 0.4) is 0 Å². The van der Waals surface area contributed by atoms with Crippen LogP contribution in [0.5, 0.6) is 0 Å². The highest BCUT2D eigenvalue weighted by Crippen LogP contribution is 2.18. The van der Waals surface area contributed by atoms with Crippen molar-refractivity contribution in [2.75, 3.05) is 5.43 Å². The van der Waals surface area contributed by atoms with Gasteiger partial charge in [-0.25, -0.2) is 10.8 Å². The zero-order valence-electron chi connectivity index (χ0n) is 6.53. The minimum absolute atomic E-state index is 0.124. The van der Waals surface area contributed by atoms with Gasteiger partial charge in [0.2, 0.25) is 5.28 Å². The van der Waals surface area contributed by atoms with E-state index in [0.717, 1.165) is 5.39 Å². The summed E-state index contributed by atoms with van der Waals surface area (Å²) in [6.45, 7) is 0. The first-order valence-electron chi connectivity index (χ1n) is 3.56. The van der Waals surface area contributed by atoms with E-state index in [1.54, 1.807) is 12.3 Å². The first-order valence-corrected chi connectivity index (χ1v) is 3.94. The third-order valence-corrected chi connectivity index (χ3v) is 1.75. The molecule has 0 atom stereocenters. The molecular weight excluding hydrogens is 190 g/mol. The number of nitrogen functional groups attached to an aromatic ring is 1. The quantitative estimate of drug-likeness (QED) is 0.403. The summed E-state index contributed by atoms with van der Waals surface area (Å²) in [4.78, 5) is 11.8. The molecule has 2 rings (SSSR count). The second-order valence-electron chi connectivity index (χ2n) is 2.36. The lowest BCUT2D eigenvalue weighted by molar-refractivity contribution is 1.15. The van der Waals surface area contributed by atoms with Crippen molar-refractivity contribution in [1.29, 1.82) is 0 Å². The number of hydrazine groups is 1. The number of fused-ring (bicyclic) bond motifs is 1. The summed E-state index contributed by atoms with van der Waals surface area (Å²) in [5.74, 6) is 5.73. The number of hydrogen-bond acceptors (Lipinski definition) is 5. The summed E-state index contributed by atoms with van der Waals surface area (Å²) in [6.07, 6.45) is 1.63. The third-order valence-electron chi connectivity index (χ3n) is 1.58. The van der Waals surface area contributed by atoms with Gasteiger partial charge in [0.15, 0.2) is 11.5 Å². The highest BCUT2D eigenvalue weighted by molar-refractivity contribution is 6.28. The van der Waals surface area contributed by atoms with Crippen LogP contribution in [0.25, 0.3) is 11.0 Å². The summed E-state index contributed by atoms with van der Waals surface area (Å²) < 4.78 is 0. The van der Waals surface area contributed by atoms with Crippen molar-refractivity contribution >= 4 is 28.5 Å². The molecule has 0 spiro atoms. The fraction of sp³-hybridized carbons (Fsp3) is 0. The van der Waals surface area contributed by atoms with E-state index in [0.29, 0.717) is 11.5 Å². The van der Waals surface area contributed by atoms with Gasteiger partial charge in [0.05, 0.1) is 5.39 Å². The minimum atomic E-state index is 0.124. The highest BCUT2D eigenvalue weighted by Gasteiger charge is 2.04. The van der Waals surface area contributed by atoms with E-state index in [2.05, 4.69) is 20.4 Å². The number of hydrogen-bond donors (Lipinski definition) is 2. The van der Waals surface area contributed by atoms with Crippen molar-refractivity contribution in [2.24, 2.45) is 5.84 Å². The van der Waals surface area contributed by atoms with Gasteiger partial charge in [0.1, 0.15) is 0 Å². The smallest absolute Gasteiger partial charge is 0.226 e. The molecule has 0 aliphatic carbocycles. The van der Waals surface area contributed by atoms with E-state index in [1.807, 2.05) is 6.07 Å². The van der Waals surface area contributed by atoms with Crippen LogP contribution >= 0.6 is 11.6 Å². The van der Waals surface area contributed by atoms with Gasteiger partial charge in [0.25, 0.3) is 0 Å². The van der Waals surface area contributed by atoms with Gasteiger partial charge in [-0.2, -0.15) is 9.97 Å². The second kappa shape index (κ2) is 3.12. The number of nitrogens with one attached hydrogen (secondary N) is 1. The number of halogens is 1. The van der Waals surface area contributed by atoms with E-state index in [4.69, 9.17) is 17.4 Å². The molecular formula is C7H6ClN5. The Hall–Kier alpha value is -1.46. The summed E-state index contributed by atoms with van der Waals surface area (Å²) in [5, 5.41) is 0.869.